The molecule has 1 fully saturated rings. The summed E-state index contributed by atoms with van der Waals surface area (Å²) in [6.45, 7) is 4.60. The lowest BCUT2D eigenvalue weighted by molar-refractivity contribution is 0.279. The zero-order chi connectivity index (χ0) is 13.3. The average Bonchev–Trinajstić information content (AvgIpc) is 3.08. The Kier molecular flexibility index (Phi) is 3.74. The van der Waals surface area contributed by atoms with E-state index in [1.54, 1.807) is 7.11 Å². The Morgan fingerprint density at radius 2 is 2.06 bits per heavy atom. The van der Waals surface area contributed by atoms with Crippen LogP contribution in [-0.2, 0) is 5.54 Å². The van der Waals surface area contributed by atoms with Crippen LogP contribution in [0.15, 0.2) is 12.1 Å². The van der Waals surface area contributed by atoms with E-state index >= 15 is 0 Å². The Bertz CT molecular complexity index is 436. The number of rotatable bonds is 5. The Morgan fingerprint density at radius 1 is 1.39 bits per heavy atom. The van der Waals surface area contributed by atoms with Crippen LogP contribution >= 0.6 is 11.6 Å². The molecule has 0 radical (unpaired) electrons. The molecule has 0 bridgehead atoms. The maximum absolute atomic E-state index is 6.21. The quantitative estimate of drug-likeness (QED) is 0.892. The minimum Gasteiger partial charge on any atom is -0.491 e. The molecule has 0 unspecified atom stereocenters. The van der Waals surface area contributed by atoms with Gasteiger partial charge < -0.3 is 15.2 Å². The van der Waals surface area contributed by atoms with E-state index in [0.717, 1.165) is 12.2 Å². The van der Waals surface area contributed by atoms with Gasteiger partial charge in [0.05, 0.1) is 18.7 Å². The van der Waals surface area contributed by atoms with Crippen molar-refractivity contribution in [1.29, 1.82) is 0 Å². The number of nitrogens with two attached hydrogens (primary N) is 1. The first-order valence-corrected chi connectivity index (χ1v) is 6.59. The van der Waals surface area contributed by atoms with Gasteiger partial charge in [-0.1, -0.05) is 11.6 Å². The summed E-state index contributed by atoms with van der Waals surface area (Å²) in [5, 5.41) is 0.541. The lowest BCUT2D eigenvalue weighted by Gasteiger charge is -2.22. The van der Waals surface area contributed by atoms with Crippen LogP contribution in [0.25, 0.3) is 0 Å². The lowest BCUT2D eigenvalue weighted by Crippen LogP contribution is -2.28. The van der Waals surface area contributed by atoms with Gasteiger partial charge in [0.2, 0.25) is 0 Å². The summed E-state index contributed by atoms with van der Waals surface area (Å²) < 4.78 is 11.1. The average molecular weight is 270 g/mol. The van der Waals surface area contributed by atoms with Crippen LogP contribution in [0.4, 0.5) is 0 Å². The van der Waals surface area contributed by atoms with Crippen molar-refractivity contribution in [2.75, 3.05) is 13.7 Å². The Labute approximate surface area is 113 Å². The van der Waals surface area contributed by atoms with Gasteiger partial charge in [-0.15, -0.1) is 0 Å². The van der Waals surface area contributed by atoms with Gasteiger partial charge in [-0.2, -0.15) is 0 Å². The highest BCUT2D eigenvalue weighted by molar-refractivity contribution is 6.32. The Morgan fingerprint density at radius 3 is 2.56 bits per heavy atom. The molecule has 1 aliphatic rings. The second kappa shape index (κ2) is 4.98. The van der Waals surface area contributed by atoms with Gasteiger partial charge in [-0.25, -0.2) is 0 Å². The molecule has 1 aliphatic carbocycles. The van der Waals surface area contributed by atoms with E-state index in [4.69, 9.17) is 26.8 Å². The monoisotopic (exact) mass is 269 g/mol. The second-order valence-corrected chi connectivity index (χ2v) is 5.87. The number of methoxy groups -OCH3 is 1. The van der Waals surface area contributed by atoms with E-state index in [9.17, 15) is 0 Å². The summed E-state index contributed by atoms with van der Waals surface area (Å²) in [7, 11) is 1.60. The molecule has 18 heavy (non-hydrogen) atoms. The first-order chi connectivity index (χ1) is 8.41. The van der Waals surface area contributed by atoms with Gasteiger partial charge >= 0.3 is 0 Å². The summed E-state index contributed by atoms with van der Waals surface area (Å²) in [5.41, 5.74) is 6.59. The van der Waals surface area contributed by atoms with Gasteiger partial charge in [0.25, 0.3) is 0 Å². The molecule has 0 spiro atoms. The normalized spacial score (nSPS) is 15.6. The minimum atomic E-state index is -0.451. The SMILES string of the molecule is COc1c(Cl)cc(C(C)(C)N)cc1OCC1CC1. The summed E-state index contributed by atoms with van der Waals surface area (Å²) in [6.07, 6.45) is 2.50. The third-order valence-electron chi connectivity index (χ3n) is 3.13. The second-order valence-electron chi connectivity index (χ2n) is 5.47. The topological polar surface area (TPSA) is 44.5 Å². The molecule has 0 saturated heterocycles. The van der Waals surface area contributed by atoms with E-state index in [2.05, 4.69) is 0 Å². The van der Waals surface area contributed by atoms with Crippen LogP contribution in [0.5, 0.6) is 11.5 Å². The van der Waals surface area contributed by atoms with Crippen LogP contribution < -0.4 is 15.2 Å². The van der Waals surface area contributed by atoms with Gasteiger partial charge in [0.15, 0.2) is 11.5 Å². The van der Waals surface area contributed by atoms with Gasteiger partial charge in [-0.3, -0.25) is 0 Å². The predicted octanol–water partition coefficient (Wildman–Crippen LogP) is 3.33. The summed E-state index contributed by atoms with van der Waals surface area (Å²) in [5.74, 6) is 1.96. The largest absolute Gasteiger partial charge is 0.491 e. The third-order valence-corrected chi connectivity index (χ3v) is 3.41. The first-order valence-electron chi connectivity index (χ1n) is 6.21. The van der Waals surface area contributed by atoms with Crippen LogP contribution in [0.3, 0.4) is 0 Å². The van der Waals surface area contributed by atoms with Crippen molar-refractivity contribution in [3.63, 3.8) is 0 Å². The van der Waals surface area contributed by atoms with Crippen LogP contribution in [0.1, 0.15) is 32.3 Å². The maximum atomic E-state index is 6.21. The van der Waals surface area contributed by atoms with Crippen molar-refractivity contribution in [3.05, 3.63) is 22.7 Å². The van der Waals surface area contributed by atoms with E-state index in [1.165, 1.54) is 12.8 Å². The molecule has 2 N–H and O–H groups in total. The smallest absolute Gasteiger partial charge is 0.179 e. The highest BCUT2D eigenvalue weighted by atomic mass is 35.5. The van der Waals surface area contributed by atoms with E-state index < -0.39 is 5.54 Å². The molecule has 0 heterocycles. The van der Waals surface area contributed by atoms with Crippen molar-refractivity contribution in [2.24, 2.45) is 11.7 Å². The lowest BCUT2D eigenvalue weighted by atomic mass is 9.95. The molecule has 0 amide bonds. The zero-order valence-corrected chi connectivity index (χ0v) is 11.9. The molecule has 3 nitrogen and oxygen atoms in total. The fourth-order valence-corrected chi connectivity index (χ4v) is 2.03. The molecular formula is C14H20ClNO2. The fraction of sp³-hybridized carbons (Fsp3) is 0.571. The molecule has 1 aromatic rings. The van der Waals surface area contributed by atoms with Crippen LogP contribution in [0.2, 0.25) is 5.02 Å². The van der Waals surface area contributed by atoms with Gasteiger partial charge in [-0.05, 0) is 50.3 Å². The van der Waals surface area contributed by atoms with Gasteiger partial charge in [0, 0.05) is 5.54 Å². The third kappa shape index (κ3) is 3.09. The standard InChI is InChI=1S/C14H20ClNO2/c1-14(2,16)10-6-11(15)13(17-3)12(7-10)18-8-9-4-5-9/h6-7,9H,4-5,8,16H2,1-3H3. The highest BCUT2D eigenvalue weighted by Gasteiger charge is 2.24. The number of hydrogen-bond donors (Lipinski definition) is 1. The maximum Gasteiger partial charge on any atom is 0.179 e. The molecule has 0 aromatic heterocycles. The van der Waals surface area contributed by atoms with E-state index in [1.807, 2.05) is 26.0 Å². The predicted molar refractivity (Wildman–Crippen MR) is 73.4 cm³/mol. The molecule has 100 valence electrons. The van der Waals surface area contributed by atoms with Crippen LogP contribution in [-0.4, -0.2) is 13.7 Å². The molecule has 2 rings (SSSR count). The van der Waals surface area contributed by atoms with E-state index in [-0.39, 0.29) is 0 Å². The first kappa shape index (κ1) is 13.5. The van der Waals surface area contributed by atoms with Crippen molar-refractivity contribution in [2.45, 2.75) is 32.2 Å². The molecule has 1 aromatic carbocycles. The van der Waals surface area contributed by atoms with Crippen molar-refractivity contribution < 1.29 is 9.47 Å². The van der Waals surface area contributed by atoms with Gasteiger partial charge in [0.1, 0.15) is 0 Å². The number of benzene rings is 1. The van der Waals surface area contributed by atoms with Crippen molar-refractivity contribution in [3.8, 4) is 11.5 Å². The molecule has 1 saturated carbocycles. The van der Waals surface area contributed by atoms with Crippen LogP contribution in [0, 0.1) is 5.92 Å². The molecule has 0 atom stereocenters. The minimum absolute atomic E-state index is 0.451. The number of ether oxygens (including phenoxy) is 2. The fourth-order valence-electron chi connectivity index (χ4n) is 1.74. The summed E-state index contributed by atoms with van der Waals surface area (Å²) in [6, 6.07) is 3.76. The molecule has 4 heteroatoms. The van der Waals surface area contributed by atoms with Crippen molar-refractivity contribution >= 4 is 11.6 Å². The number of hydrogen-bond acceptors (Lipinski definition) is 3. The zero-order valence-electron chi connectivity index (χ0n) is 11.1. The molecule has 0 aliphatic heterocycles. The van der Waals surface area contributed by atoms with Crippen molar-refractivity contribution in [1.82, 2.24) is 0 Å². The summed E-state index contributed by atoms with van der Waals surface area (Å²) >= 11 is 6.21. The number of halogens is 1. The Hall–Kier alpha value is -0.930. The summed E-state index contributed by atoms with van der Waals surface area (Å²) in [4.78, 5) is 0. The highest BCUT2D eigenvalue weighted by Crippen LogP contribution is 2.39. The molecular weight excluding hydrogens is 250 g/mol. The Balaban J connectivity index is 2.29. The van der Waals surface area contributed by atoms with E-state index in [0.29, 0.717) is 22.4 Å².